The van der Waals surface area contributed by atoms with Crippen LogP contribution in [0.15, 0.2) is 57.4 Å². The highest BCUT2D eigenvalue weighted by atomic mass is 79.9. The standard InChI is InChI=1S/C16H9BrClFN2O/c17-12-8-10(6-7-14(12)19)9-13(18)16-21-20-15(22-16)11-4-2-1-3-5-11/h1-9H/b13-9-. The van der Waals surface area contributed by atoms with E-state index < -0.39 is 0 Å². The molecule has 22 heavy (non-hydrogen) atoms. The molecule has 6 heteroatoms. The molecule has 0 N–H and O–H groups in total. The first-order chi connectivity index (χ1) is 10.6. The molecular formula is C16H9BrClFN2O. The number of hydrogen-bond acceptors (Lipinski definition) is 3. The Kier molecular flexibility index (Phi) is 4.36. The lowest BCUT2D eigenvalue weighted by atomic mass is 10.2. The summed E-state index contributed by atoms with van der Waals surface area (Å²) in [5.74, 6) is 0.265. The molecule has 0 aliphatic heterocycles. The van der Waals surface area contributed by atoms with E-state index in [0.717, 1.165) is 11.1 Å². The van der Waals surface area contributed by atoms with Crippen molar-refractivity contribution < 1.29 is 8.81 Å². The number of aromatic nitrogens is 2. The van der Waals surface area contributed by atoms with Gasteiger partial charge in [-0.1, -0.05) is 35.9 Å². The molecule has 3 rings (SSSR count). The van der Waals surface area contributed by atoms with E-state index in [1.54, 1.807) is 18.2 Å². The molecule has 1 aromatic heterocycles. The summed E-state index contributed by atoms with van der Waals surface area (Å²) >= 11 is 9.32. The second-order valence-corrected chi connectivity index (χ2v) is 5.71. The molecule has 0 saturated heterocycles. The van der Waals surface area contributed by atoms with E-state index in [1.165, 1.54) is 6.07 Å². The van der Waals surface area contributed by atoms with Gasteiger partial charge < -0.3 is 4.42 Å². The second kappa shape index (κ2) is 6.42. The largest absolute Gasteiger partial charge is 0.415 e. The van der Waals surface area contributed by atoms with E-state index in [1.807, 2.05) is 30.3 Å². The van der Waals surface area contributed by atoms with Gasteiger partial charge in [0, 0.05) is 5.56 Å². The maximum Gasteiger partial charge on any atom is 0.259 e. The predicted octanol–water partition coefficient (Wildman–Crippen LogP) is 5.38. The Labute approximate surface area is 139 Å². The normalized spacial score (nSPS) is 11.7. The molecule has 0 atom stereocenters. The predicted molar refractivity (Wildman–Crippen MR) is 87.6 cm³/mol. The highest BCUT2D eigenvalue weighted by Gasteiger charge is 2.11. The maximum absolute atomic E-state index is 13.2. The Bertz CT molecular complexity index is 833. The van der Waals surface area contributed by atoms with Gasteiger partial charge in [0.25, 0.3) is 5.89 Å². The Hall–Kier alpha value is -1.98. The number of benzene rings is 2. The third kappa shape index (κ3) is 3.26. The fourth-order valence-electron chi connectivity index (χ4n) is 1.83. The Morgan fingerprint density at radius 3 is 2.64 bits per heavy atom. The molecule has 110 valence electrons. The Morgan fingerprint density at radius 2 is 1.91 bits per heavy atom. The monoisotopic (exact) mass is 378 g/mol. The lowest BCUT2D eigenvalue weighted by molar-refractivity contribution is 0.556. The molecule has 3 nitrogen and oxygen atoms in total. The lowest BCUT2D eigenvalue weighted by Gasteiger charge is -1.98. The van der Waals surface area contributed by atoms with Crippen molar-refractivity contribution in [1.29, 1.82) is 0 Å². The van der Waals surface area contributed by atoms with E-state index in [2.05, 4.69) is 26.1 Å². The summed E-state index contributed by atoms with van der Waals surface area (Å²) in [7, 11) is 0. The topological polar surface area (TPSA) is 38.9 Å². The van der Waals surface area contributed by atoms with E-state index in [-0.39, 0.29) is 16.7 Å². The van der Waals surface area contributed by atoms with Gasteiger partial charge in [-0.3, -0.25) is 0 Å². The first kappa shape index (κ1) is 14.9. The highest BCUT2D eigenvalue weighted by molar-refractivity contribution is 9.10. The van der Waals surface area contributed by atoms with Gasteiger partial charge in [-0.25, -0.2) is 4.39 Å². The van der Waals surface area contributed by atoms with E-state index in [4.69, 9.17) is 16.0 Å². The first-order valence-corrected chi connectivity index (χ1v) is 7.52. The SMILES string of the molecule is Fc1ccc(/C=C(\Cl)c2nnc(-c3ccccc3)o2)cc1Br. The van der Waals surface area contributed by atoms with Crippen LogP contribution in [0.4, 0.5) is 4.39 Å². The fourth-order valence-corrected chi connectivity index (χ4v) is 2.43. The van der Waals surface area contributed by atoms with Crippen LogP contribution in [-0.2, 0) is 0 Å². The molecular weight excluding hydrogens is 371 g/mol. The average molecular weight is 380 g/mol. The molecule has 0 saturated carbocycles. The minimum absolute atomic E-state index is 0.209. The number of hydrogen-bond donors (Lipinski definition) is 0. The zero-order chi connectivity index (χ0) is 15.5. The minimum atomic E-state index is -0.336. The van der Waals surface area contributed by atoms with E-state index in [0.29, 0.717) is 10.4 Å². The molecule has 2 aromatic carbocycles. The van der Waals surface area contributed by atoms with Crippen molar-refractivity contribution in [1.82, 2.24) is 10.2 Å². The molecule has 0 amide bonds. The highest BCUT2D eigenvalue weighted by Crippen LogP contribution is 2.26. The third-order valence-corrected chi connectivity index (χ3v) is 3.77. The van der Waals surface area contributed by atoms with Crippen LogP contribution in [0.25, 0.3) is 22.6 Å². The zero-order valence-corrected chi connectivity index (χ0v) is 13.5. The number of halogens is 3. The van der Waals surface area contributed by atoms with Crippen molar-refractivity contribution in [2.75, 3.05) is 0 Å². The van der Waals surface area contributed by atoms with E-state index in [9.17, 15) is 4.39 Å². The fraction of sp³-hybridized carbons (Fsp3) is 0. The smallest absolute Gasteiger partial charge is 0.259 e. The molecule has 0 unspecified atom stereocenters. The van der Waals surface area contributed by atoms with Gasteiger partial charge in [-0.05, 0) is 51.8 Å². The van der Waals surface area contributed by atoms with Gasteiger partial charge in [-0.15, -0.1) is 10.2 Å². The summed E-state index contributed by atoms with van der Waals surface area (Å²) in [6, 6.07) is 14.0. The van der Waals surface area contributed by atoms with Gasteiger partial charge >= 0.3 is 0 Å². The second-order valence-electron chi connectivity index (χ2n) is 4.44. The summed E-state index contributed by atoms with van der Waals surface area (Å²) in [5.41, 5.74) is 1.54. The van der Waals surface area contributed by atoms with Crippen LogP contribution in [-0.4, -0.2) is 10.2 Å². The van der Waals surface area contributed by atoms with E-state index >= 15 is 0 Å². The van der Waals surface area contributed by atoms with Gasteiger partial charge in [0.2, 0.25) is 5.89 Å². The van der Waals surface area contributed by atoms with Crippen molar-refractivity contribution >= 4 is 38.6 Å². The Balaban J connectivity index is 1.89. The van der Waals surface area contributed by atoms with Gasteiger partial charge in [0.05, 0.1) is 4.47 Å². The van der Waals surface area contributed by atoms with Crippen LogP contribution in [0.3, 0.4) is 0 Å². The zero-order valence-electron chi connectivity index (χ0n) is 11.1. The van der Waals surface area contributed by atoms with Gasteiger partial charge in [0.15, 0.2) is 0 Å². The van der Waals surface area contributed by atoms with Gasteiger partial charge in [0.1, 0.15) is 10.8 Å². The molecule has 0 aliphatic rings. The summed E-state index contributed by atoms with van der Waals surface area (Å²) in [6.45, 7) is 0. The Morgan fingerprint density at radius 1 is 1.14 bits per heavy atom. The van der Waals surface area contributed by atoms with Crippen LogP contribution in [0.5, 0.6) is 0 Å². The van der Waals surface area contributed by atoms with Crippen LogP contribution in [0.1, 0.15) is 11.5 Å². The van der Waals surface area contributed by atoms with Crippen LogP contribution < -0.4 is 0 Å². The van der Waals surface area contributed by atoms with Gasteiger partial charge in [-0.2, -0.15) is 0 Å². The maximum atomic E-state index is 13.2. The van der Waals surface area contributed by atoms with Crippen LogP contribution in [0, 0.1) is 5.82 Å². The molecule has 0 aliphatic carbocycles. The molecule has 3 aromatic rings. The minimum Gasteiger partial charge on any atom is -0.415 e. The van der Waals surface area contributed by atoms with Crippen molar-refractivity contribution in [3.8, 4) is 11.5 Å². The molecule has 0 bridgehead atoms. The first-order valence-electron chi connectivity index (χ1n) is 6.35. The van der Waals surface area contributed by atoms with Crippen LogP contribution in [0.2, 0.25) is 0 Å². The quantitative estimate of drug-likeness (QED) is 0.613. The summed E-state index contributed by atoms with van der Waals surface area (Å²) in [5, 5.41) is 8.18. The number of rotatable bonds is 3. The molecule has 1 heterocycles. The molecule has 0 radical (unpaired) electrons. The van der Waals surface area contributed by atoms with Crippen molar-refractivity contribution in [3.05, 3.63) is 70.3 Å². The van der Waals surface area contributed by atoms with Crippen LogP contribution >= 0.6 is 27.5 Å². The molecule has 0 spiro atoms. The third-order valence-electron chi connectivity index (χ3n) is 2.89. The molecule has 0 fully saturated rings. The summed E-state index contributed by atoms with van der Waals surface area (Å²) < 4.78 is 19.1. The lowest BCUT2D eigenvalue weighted by Crippen LogP contribution is -1.81. The van der Waals surface area contributed by atoms with Crippen molar-refractivity contribution in [2.45, 2.75) is 0 Å². The summed E-state index contributed by atoms with van der Waals surface area (Å²) in [4.78, 5) is 0. The van der Waals surface area contributed by atoms with Crippen molar-refractivity contribution in [2.24, 2.45) is 0 Å². The number of nitrogens with zero attached hydrogens (tertiary/aromatic N) is 2. The van der Waals surface area contributed by atoms with Crippen molar-refractivity contribution in [3.63, 3.8) is 0 Å². The average Bonchev–Trinajstić information content (AvgIpc) is 3.02. The summed E-state index contributed by atoms with van der Waals surface area (Å²) in [6.07, 6.45) is 1.63.